The van der Waals surface area contributed by atoms with E-state index in [1.807, 2.05) is 12.1 Å². The van der Waals surface area contributed by atoms with Crippen LogP contribution in [0, 0.1) is 11.3 Å². The van der Waals surface area contributed by atoms with Gasteiger partial charge in [-0.1, -0.05) is 6.07 Å². The Morgan fingerprint density at radius 3 is 2.80 bits per heavy atom. The van der Waals surface area contributed by atoms with Crippen molar-refractivity contribution in [1.29, 1.82) is 5.26 Å². The van der Waals surface area contributed by atoms with Crippen LogP contribution >= 0.6 is 0 Å². The summed E-state index contributed by atoms with van der Waals surface area (Å²) in [5, 5.41) is 19.6. The normalized spacial score (nSPS) is 10.2. The van der Waals surface area contributed by atoms with Crippen molar-refractivity contribution in [3.8, 4) is 28.8 Å². The number of benzene rings is 1. The first-order chi connectivity index (χ1) is 12.1. The van der Waals surface area contributed by atoms with Crippen LogP contribution in [0.4, 0.5) is 0 Å². The summed E-state index contributed by atoms with van der Waals surface area (Å²) >= 11 is 0. The number of pyridine rings is 2. The molecule has 0 saturated carbocycles. The van der Waals surface area contributed by atoms with Crippen LogP contribution in [0.25, 0.3) is 21.9 Å². The number of methoxy groups -OCH3 is 1. The van der Waals surface area contributed by atoms with E-state index >= 15 is 0 Å². The monoisotopic (exact) mass is 335 g/mol. The Kier molecular flexibility index (Phi) is 4.44. The number of aromatic nitrogens is 2. The Labute approximate surface area is 143 Å². The Bertz CT molecular complexity index is 981. The third-order valence-corrected chi connectivity index (χ3v) is 3.57. The van der Waals surface area contributed by atoms with E-state index in [-0.39, 0.29) is 11.6 Å². The molecular weight excluding hydrogens is 322 g/mol. The Morgan fingerprint density at radius 1 is 1.32 bits per heavy atom. The minimum absolute atomic E-state index is 0.0873. The van der Waals surface area contributed by atoms with Gasteiger partial charge in [-0.3, -0.25) is 4.98 Å². The second-order valence-corrected chi connectivity index (χ2v) is 5.09. The summed E-state index contributed by atoms with van der Waals surface area (Å²) in [6, 6.07) is 10.8. The van der Waals surface area contributed by atoms with Gasteiger partial charge in [0.25, 0.3) is 0 Å². The van der Waals surface area contributed by atoms with E-state index in [0.29, 0.717) is 22.1 Å². The SMILES string of the molecule is COc1ccc2c(OCC(=O)O)nc(C#N)c(-c3cccnc3)c2c1. The highest BCUT2D eigenvalue weighted by atomic mass is 16.5. The van der Waals surface area contributed by atoms with E-state index in [2.05, 4.69) is 9.97 Å². The first-order valence-electron chi connectivity index (χ1n) is 7.31. The lowest BCUT2D eigenvalue weighted by atomic mass is 9.98. The molecule has 3 aromatic rings. The fraction of sp³-hybridized carbons (Fsp3) is 0.111. The lowest BCUT2D eigenvalue weighted by Crippen LogP contribution is -2.11. The van der Waals surface area contributed by atoms with Gasteiger partial charge in [-0.25, -0.2) is 9.78 Å². The summed E-state index contributed by atoms with van der Waals surface area (Å²) in [5.41, 5.74) is 1.43. The van der Waals surface area contributed by atoms with Crippen LogP contribution in [0.15, 0.2) is 42.7 Å². The maximum absolute atomic E-state index is 10.8. The number of fused-ring (bicyclic) bond motifs is 1. The molecule has 1 aromatic carbocycles. The standard InChI is InChI=1S/C18H13N3O4/c1-24-12-4-5-13-14(7-12)17(11-3-2-6-20-9-11)15(8-19)21-18(13)25-10-16(22)23/h2-7,9H,10H2,1H3,(H,22,23). The molecule has 0 aliphatic carbocycles. The fourth-order valence-electron chi connectivity index (χ4n) is 2.51. The van der Waals surface area contributed by atoms with Crippen molar-refractivity contribution in [3.63, 3.8) is 0 Å². The summed E-state index contributed by atoms with van der Waals surface area (Å²) < 4.78 is 10.5. The zero-order valence-corrected chi connectivity index (χ0v) is 13.3. The van der Waals surface area contributed by atoms with Gasteiger partial charge in [0.1, 0.15) is 11.8 Å². The van der Waals surface area contributed by atoms with Crippen LogP contribution in [0.2, 0.25) is 0 Å². The Hall–Kier alpha value is -3.66. The average Bonchev–Trinajstić information content (AvgIpc) is 2.65. The molecule has 3 rings (SSSR count). The smallest absolute Gasteiger partial charge is 0.341 e. The molecule has 0 radical (unpaired) electrons. The van der Waals surface area contributed by atoms with Gasteiger partial charge in [0, 0.05) is 34.3 Å². The van der Waals surface area contributed by atoms with Gasteiger partial charge in [-0.2, -0.15) is 5.26 Å². The van der Waals surface area contributed by atoms with Gasteiger partial charge in [0.15, 0.2) is 12.3 Å². The van der Waals surface area contributed by atoms with Crippen LogP contribution in [0.1, 0.15) is 5.69 Å². The third-order valence-electron chi connectivity index (χ3n) is 3.57. The van der Waals surface area contributed by atoms with Crippen LogP contribution in [0.3, 0.4) is 0 Å². The van der Waals surface area contributed by atoms with Gasteiger partial charge in [0.05, 0.1) is 7.11 Å². The fourth-order valence-corrected chi connectivity index (χ4v) is 2.51. The largest absolute Gasteiger partial charge is 0.497 e. The Morgan fingerprint density at radius 2 is 2.16 bits per heavy atom. The number of ether oxygens (including phenoxy) is 2. The van der Waals surface area contributed by atoms with Crippen molar-refractivity contribution in [2.45, 2.75) is 0 Å². The molecule has 0 fully saturated rings. The highest BCUT2D eigenvalue weighted by molar-refractivity contribution is 6.01. The molecule has 0 atom stereocenters. The van der Waals surface area contributed by atoms with E-state index < -0.39 is 12.6 Å². The van der Waals surface area contributed by atoms with Crippen molar-refractivity contribution >= 4 is 16.7 Å². The second kappa shape index (κ2) is 6.84. The lowest BCUT2D eigenvalue weighted by molar-refractivity contribution is -0.139. The number of carboxylic acid groups (broad SMARTS) is 1. The summed E-state index contributed by atoms with van der Waals surface area (Å²) in [7, 11) is 1.54. The number of hydrogen-bond donors (Lipinski definition) is 1. The topological polar surface area (TPSA) is 105 Å². The number of carboxylic acids is 1. The van der Waals surface area contributed by atoms with Crippen LogP contribution in [-0.2, 0) is 4.79 Å². The summed E-state index contributed by atoms with van der Waals surface area (Å²) in [4.78, 5) is 19.1. The number of carbonyl (C=O) groups is 1. The summed E-state index contributed by atoms with van der Waals surface area (Å²) in [6.45, 7) is -0.550. The van der Waals surface area contributed by atoms with Gasteiger partial charge >= 0.3 is 5.97 Å². The number of aliphatic carboxylic acids is 1. The number of nitriles is 1. The van der Waals surface area contributed by atoms with Crippen molar-refractivity contribution in [2.75, 3.05) is 13.7 Å². The first kappa shape index (κ1) is 16.2. The molecule has 25 heavy (non-hydrogen) atoms. The van der Waals surface area contributed by atoms with E-state index in [9.17, 15) is 10.1 Å². The number of nitrogens with zero attached hydrogens (tertiary/aromatic N) is 3. The average molecular weight is 335 g/mol. The van der Waals surface area contributed by atoms with Gasteiger partial charge in [0.2, 0.25) is 5.88 Å². The first-order valence-corrected chi connectivity index (χ1v) is 7.31. The van der Waals surface area contributed by atoms with Gasteiger partial charge < -0.3 is 14.6 Å². The molecule has 0 aliphatic rings. The molecule has 124 valence electrons. The molecule has 0 amide bonds. The minimum Gasteiger partial charge on any atom is -0.497 e. The van der Waals surface area contributed by atoms with Crippen molar-refractivity contribution < 1.29 is 19.4 Å². The van der Waals surface area contributed by atoms with Gasteiger partial charge in [-0.15, -0.1) is 0 Å². The molecule has 0 saturated heterocycles. The van der Waals surface area contributed by atoms with Crippen LogP contribution in [-0.4, -0.2) is 34.8 Å². The van der Waals surface area contributed by atoms with Crippen molar-refractivity contribution in [3.05, 3.63) is 48.4 Å². The molecule has 2 heterocycles. The Balaban J connectivity index is 2.32. The lowest BCUT2D eigenvalue weighted by Gasteiger charge is -2.13. The molecule has 0 aliphatic heterocycles. The molecule has 0 spiro atoms. The highest BCUT2D eigenvalue weighted by Crippen LogP contribution is 2.37. The zero-order valence-electron chi connectivity index (χ0n) is 13.3. The molecule has 7 heteroatoms. The quantitative estimate of drug-likeness (QED) is 0.764. The second-order valence-electron chi connectivity index (χ2n) is 5.09. The molecule has 7 nitrogen and oxygen atoms in total. The van der Waals surface area contributed by atoms with Crippen molar-refractivity contribution in [1.82, 2.24) is 9.97 Å². The third kappa shape index (κ3) is 3.19. The number of hydrogen-bond acceptors (Lipinski definition) is 6. The predicted molar refractivity (Wildman–Crippen MR) is 89.4 cm³/mol. The highest BCUT2D eigenvalue weighted by Gasteiger charge is 2.18. The van der Waals surface area contributed by atoms with Crippen LogP contribution in [0.5, 0.6) is 11.6 Å². The summed E-state index contributed by atoms with van der Waals surface area (Å²) in [5.74, 6) is -0.445. The predicted octanol–water partition coefficient (Wildman–Crippen LogP) is 2.64. The van der Waals surface area contributed by atoms with Crippen molar-refractivity contribution in [2.24, 2.45) is 0 Å². The van der Waals surface area contributed by atoms with E-state index in [4.69, 9.17) is 14.6 Å². The zero-order chi connectivity index (χ0) is 17.8. The van der Waals surface area contributed by atoms with E-state index in [1.165, 1.54) is 0 Å². The molecule has 0 bridgehead atoms. The van der Waals surface area contributed by atoms with Crippen LogP contribution < -0.4 is 9.47 Å². The minimum atomic E-state index is -1.13. The molecule has 1 N–H and O–H groups in total. The van der Waals surface area contributed by atoms with Gasteiger partial charge in [-0.05, 0) is 24.3 Å². The number of rotatable bonds is 5. The molecule has 0 unspecified atom stereocenters. The summed E-state index contributed by atoms with van der Waals surface area (Å²) in [6.07, 6.45) is 3.27. The maximum atomic E-state index is 10.8. The maximum Gasteiger partial charge on any atom is 0.341 e. The van der Waals surface area contributed by atoms with E-state index in [1.54, 1.807) is 43.8 Å². The molecule has 2 aromatic heterocycles. The molecular formula is C18H13N3O4. The van der Waals surface area contributed by atoms with E-state index in [0.717, 1.165) is 5.56 Å².